The van der Waals surface area contributed by atoms with Crippen LogP contribution in [0.3, 0.4) is 0 Å². The molecule has 1 aliphatic rings. The molecule has 1 aliphatic carbocycles. The van der Waals surface area contributed by atoms with Gasteiger partial charge in [-0.1, -0.05) is 25.7 Å². The molecule has 0 aromatic heterocycles. The third-order valence-electron chi connectivity index (χ3n) is 3.99. The van der Waals surface area contributed by atoms with Crippen LogP contribution in [0.2, 0.25) is 0 Å². The van der Waals surface area contributed by atoms with Crippen molar-refractivity contribution >= 4 is 5.91 Å². The third-order valence-corrected chi connectivity index (χ3v) is 3.99. The van der Waals surface area contributed by atoms with E-state index >= 15 is 0 Å². The van der Waals surface area contributed by atoms with Gasteiger partial charge in [-0.25, -0.2) is 0 Å². The first-order valence-corrected chi connectivity index (χ1v) is 7.37. The van der Waals surface area contributed by atoms with Gasteiger partial charge in [0.1, 0.15) is 5.41 Å². The molecule has 1 atom stereocenters. The van der Waals surface area contributed by atoms with Crippen molar-refractivity contribution in [1.29, 1.82) is 5.26 Å². The summed E-state index contributed by atoms with van der Waals surface area (Å²) in [7, 11) is 4.05. The lowest BCUT2D eigenvalue weighted by Gasteiger charge is -2.26. The summed E-state index contributed by atoms with van der Waals surface area (Å²) >= 11 is 0. The molecule has 0 aromatic rings. The second-order valence-corrected chi connectivity index (χ2v) is 6.07. The predicted octanol–water partition coefficient (Wildman–Crippen LogP) is 2.31. The highest BCUT2D eigenvalue weighted by molar-refractivity contribution is 5.85. The molecule has 1 unspecified atom stereocenters. The molecular formula is C15H27N3O. The molecule has 0 radical (unpaired) electrons. The Balaban J connectivity index is 2.56. The number of amides is 1. The quantitative estimate of drug-likeness (QED) is 0.776. The van der Waals surface area contributed by atoms with Gasteiger partial charge < -0.3 is 10.2 Å². The van der Waals surface area contributed by atoms with Crippen LogP contribution in [0.25, 0.3) is 0 Å². The Labute approximate surface area is 117 Å². The zero-order chi connectivity index (χ0) is 14.3. The monoisotopic (exact) mass is 265 g/mol. The zero-order valence-corrected chi connectivity index (χ0v) is 12.5. The Bertz CT molecular complexity index is 325. The molecule has 0 aliphatic heterocycles. The van der Waals surface area contributed by atoms with Crippen molar-refractivity contribution in [3.05, 3.63) is 0 Å². The number of carbonyl (C=O) groups is 1. The number of nitriles is 1. The van der Waals surface area contributed by atoms with Crippen molar-refractivity contribution in [3.63, 3.8) is 0 Å². The Hall–Kier alpha value is -1.08. The van der Waals surface area contributed by atoms with E-state index in [1.54, 1.807) is 0 Å². The zero-order valence-electron chi connectivity index (χ0n) is 12.5. The molecule has 1 amide bonds. The van der Waals surface area contributed by atoms with E-state index in [0.717, 1.165) is 51.5 Å². The topological polar surface area (TPSA) is 56.1 Å². The molecule has 0 spiro atoms. The molecule has 0 saturated heterocycles. The average Bonchev–Trinajstić information content (AvgIpc) is 2.62. The van der Waals surface area contributed by atoms with Gasteiger partial charge in [-0.3, -0.25) is 4.79 Å². The van der Waals surface area contributed by atoms with Crippen molar-refractivity contribution in [2.75, 3.05) is 20.6 Å². The van der Waals surface area contributed by atoms with Crippen molar-refractivity contribution in [2.45, 2.75) is 57.9 Å². The van der Waals surface area contributed by atoms with Crippen LogP contribution >= 0.6 is 0 Å². The summed E-state index contributed by atoms with van der Waals surface area (Å²) in [6.07, 6.45) is 6.63. The van der Waals surface area contributed by atoms with Gasteiger partial charge >= 0.3 is 0 Å². The fraction of sp³-hybridized carbons (Fsp3) is 0.867. The van der Waals surface area contributed by atoms with Crippen LogP contribution < -0.4 is 5.32 Å². The Morgan fingerprint density at radius 1 is 1.32 bits per heavy atom. The van der Waals surface area contributed by atoms with Gasteiger partial charge in [0, 0.05) is 6.04 Å². The third kappa shape index (κ3) is 4.83. The minimum atomic E-state index is -0.775. The minimum absolute atomic E-state index is 0.0526. The van der Waals surface area contributed by atoms with Crippen LogP contribution in [0, 0.1) is 16.7 Å². The Morgan fingerprint density at radius 3 is 2.37 bits per heavy atom. The van der Waals surface area contributed by atoms with Gasteiger partial charge in [-0.05, 0) is 46.8 Å². The van der Waals surface area contributed by atoms with E-state index in [1.807, 2.05) is 21.0 Å². The molecule has 19 heavy (non-hydrogen) atoms. The van der Waals surface area contributed by atoms with E-state index < -0.39 is 5.41 Å². The number of hydrogen-bond acceptors (Lipinski definition) is 3. The molecule has 0 heterocycles. The molecule has 0 bridgehead atoms. The molecule has 4 nitrogen and oxygen atoms in total. The van der Waals surface area contributed by atoms with Gasteiger partial charge in [-0.15, -0.1) is 0 Å². The normalized spacial score (nSPS) is 20.4. The van der Waals surface area contributed by atoms with Gasteiger partial charge in [0.2, 0.25) is 5.91 Å². The first kappa shape index (κ1) is 16.0. The van der Waals surface area contributed by atoms with E-state index in [9.17, 15) is 10.1 Å². The molecule has 1 rings (SSSR count). The van der Waals surface area contributed by atoms with E-state index in [2.05, 4.69) is 16.3 Å². The van der Waals surface area contributed by atoms with Crippen LogP contribution in [0.4, 0.5) is 0 Å². The second kappa shape index (κ2) is 7.49. The average molecular weight is 265 g/mol. The van der Waals surface area contributed by atoms with Gasteiger partial charge in [0.15, 0.2) is 0 Å². The number of carbonyl (C=O) groups excluding carboxylic acids is 1. The SMILES string of the molecule is CC(CCN(C)C)NC(=O)C1(C#N)CCCCCC1. The summed E-state index contributed by atoms with van der Waals surface area (Å²) in [6, 6.07) is 2.43. The summed E-state index contributed by atoms with van der Waals surface area (Å²) in [4.78, 5) is 14.5. The maximum atomic E-state index is 12.4. The van der Waals surface area contributed by atoms with Crippen LogP contribution in [-0.4, -0.2) is 37.5 Å². The Morgan fingerprint density at radius 2 is 1.89 bits per heavy atom. The van der Waals surface area contributed by atoms with E-state index in [1.165, 1.54) is 0 Å². The lowest BCUT2D eigenvalue weighted by Crippen LogP contribution is -2.44. The highest BCUT2D eigenvalue weighted by atomic mass is 16.2. The highest BCUT2D eigenvalue weighted by Crippen LogP contribution is 2.34. The number of nitrogens with zero attached hydrogens (tertiary/aromatic N) is 2. The molecule has 1 fully saturated rings. The van der Waals surface area contributed by atoms with E-state index in [0.29, 0.717) is 0 Å². The lowest BCUT2D eigenvalue weighted by molar-refractivity contribution is -0.129. The fourth-order valence-electron chi connectivity index (χ4n) is 2.61. The van der Waals surface area contributed by atoms with E-state index in [-0.39, 0.29) is 11.9 Å². The smallest absolute Gasteiger partial charge is 0.240 e. The summed E-state index contributed by atoms with van der Waals surface area (Å²) in [5.41, 5.74) is -0.775. The molecule has 108 valence electrons. The van der Waals surface area contributed by atoms with Gasteiger partial charge in [0.25, 0.3) is 0 Å². The number of nitrogens with one attached hydrogen (secondary N) is 1. The standard InChI is InChI=1S/C15H27N3O/c1-13(8-11-18(2)3)17-14(19)15(12-16)9-6-4-5-7-10-15/h13H,4-11H2,1-3H3,(H,17,19). The number of hydrogen-bond donors (Lipinski definition) is 1. The van der Waals surface area contributed by atoms with Crippen LogP contribution in [0.15, 0.2) is 0 Å². The summed E-state index contributed by atoms with van der Waals surface area (Å²) in [5, 5.41) is 12.5. The first-order chi connectivity index (χ1) is 9.00. The molecule has 1 N–H and O–H groups in total. The molecule has 1 saturated carbocycles. The largest absolute Gasteiger partial charge is 0.352 e. The van der Waals surface area contributed by atoms with Gasteiger partial charge in [-0.2, -0.15) is 5.26 Å². The minimum Gasteiger partial charge on any atom is -0.352 e. The Kier molecular flexibility index (Phi) is 6.30. The van der Waals surface area contributed by atoms with E-state index in [4.69, 9.17) is 0 Å². The van der Waals surface area contributed by atoms with Crippen molar-refractivity contribution in [1.82, 2.24) is 10.2 Å². The molecule has 4 heteroatoms. The number of rotatable bonds is 5. The van der Waals surface area contributed by atoms with Crippen LogP contribution in [0.5, 0.6) is 0 Å². The van der Waals surface area contributed by atoms with Crippen molar-refractivity contribution in [3.8, 4) is 6.07 Å². The first-order valence-electron chi connectivity index (χ1n) is 7.37. The lowest BCUT2D eigenvalue weighted by atomic mass is 9.80. The van der Waals surface area contributed by atoms with Crippen LogP contribution in [-0.2, 0) is 4.79 Å². The summed E-state index contributed by atoms with van der Waals surface area (Å²) < 4.78 is 0. The van der Waals surface area contributed by atoms with Crippen molar-refractivity contribution < 1.29 is 4.79 Å². The molecule has 0 aromatic carbocycles. The summed E-state index contributed by atoms with van der Waals surface area (Å²) in [6.45, 7) is 2.96. The van der Waals surface area contributed by atoms with Crippen LogP contribution in [0.1, 0.15) is 51.9 Å². The summed E-state index contributed by atoms with van der Waals surface area (Å²) in [5.74, 6) is -0.0526. The van der Waals surface area contributed by atoms with Gasteiger partial charge in [0.05, 0.1) is 6.07 Å². The highest BCUT2D eigenvalue weighted by Gasteiger charge is 2.39. The fourth-order valence-corrected chi connectivity index (χ4v) is 2.61. The maximum Gasteiger partial charge on any atom is 0.240 e. The van der Waals surface area contributed by atoms with Crippen molar-refractivity contribution in [2.24, 2.45) is 5.41 Å². The second-order valence-electron chi connectivity index (χ2n) is 6.07. The maximum absolute atomic E-state index is 12.4. The predicted molar refractivity (Wildman–Crippen MR) is 76.5 cm³/mol. The molecular weight excluding hydrogens is 238 g/mol.